The number of benzene rings is 2. The van der Waals surface area contributed by atoms with Crippen LogP contribution in [0.15, 0.2) is 48.5 Å². The van der Waals surface area contributed by atoms with Crippen LogP contribution in [0.4, 0.5) is 0 Å². The molecule has 2 aromatic carbocycles. The van der Waals surface area contributed by atoms with Gasteiger partial charge in [-0.2, -0.15) is 0 Å². The van der Waals surface area contributed by atoms with Gasteiger partial charge in [-0.1, -0.05) is 38.1 Å². The van der Waals surface area contributed by atoms with E-state index >= 15 is 0 Å². The van der Waals surface area contributed by atoms with E-state index in [1.54, 1.807) is 6.08 Å². The zero-order valence-corrected chi connectivity index (χ0v) is 15.8. The summed E-state index contributed by atoms with van der Waals surface area (Å²) >= 11 is 0. The molecule has 0 aliphatic heterocycles. The Morgan fingerprint density at radius 1 is 0.962 bits per heavy atom. The molecule has 0 saturated heterocycles. The van der Waals surface area contributed by atoms with Gasteiger partial charge >= 0.3 is 5.97 Å². The van der Waals surface area contributed by atoms with Crippen molar-refractivity contribution in [3.63, 3.8) is 0 Å². The standard InChI is InChI=1S/C22H26O4/c1-5-24-20-13-11-17(15-21(20)25-6-2)12-14-22(23)26-19-10-8-7-9-18(19)16(3)4/h7-16H,5-6H2,1-4H3/b14-12+. The second-order valence-corrected chi connectivity index (χ2v) is 6.02. The van der Waals surface area contributed by atoms with E-state index in [1.807, 2.05) is 56.3 Å². The van der Waals surface area contributed by atoms with Gasteiger partial charge in [0.1, 0.15) is 5.75 Å². The van der Waals surface area contributed by atoms with E-state index in [0.29, 0.717) is 30.5 Å². The van der Waals surface area contributed by atoms with Gasteiger partial charge < -0.3 is 14.2 Å². The lowest BCUT2D eigenvalue weighted by molar-refractivity contribution is -0.128. The quantitative estimate of drug-likeness (QED) is 0.370. The van der Waals surface area contributed by atoms with Gasteiger partial charge in [0, 0.05) is 6.08 Å². The van der Waals surface area contributed by atoms with Crippen LogP contribution in [0.25, 0.3) is 6.08 Å². The molecular formula is C22H26O4. The molecule has 0 aromatic heterocycles. The second kappa shape index (κ2) is 9.66. The van der Waals surface area contributed by atoms with Crippen LogP contribution in [0.3, 0.4) is 0 Å². The van der Waals surface area contributed by atoms with Crippen molar-refractivity contribution in [3.05, 3.63) is 59.7 Å². The molecule has 2 aromatic rings. The minimum absolute atomic E-state index is 0.280. The van der Waals surface area contributed by atoms with E-state index in [-0.39, 0.29) is 5.92 Å². The molecule has 0 N–H and O–H groups in total. The van der Waals surface area contributed by atoms with Gasteiger partial charge in [-0.15, -0.1) is 0 Å². The molecule has 0 heterocycles. The maximum absolute atomic E-state index is 12.2. The lowest BCUT2D eigenvalue weighted by Gasteiger charge is -2.12. The number of carbonyl (C=O) groups is 1. The van der Waals surface area contributed by atoms with Gasteiger partial charge in [-0.25, -0.2) is 4.79 Å². The predicted octanol–water partition coefficient (Wildman–Crippen LogP) is 5.23. The first-order valence-electron chi connectivity index (χ1n) is 8.93. The first kappa shape index (κ1) is 19.6. The van der Waals surface area contributed by atoms with Crippen molar-refractivity contribution in [2.24, 2.45) is 0 Å². The van der Waals surface area contributed by atoms with Gasteiger partial charge in [0.15, 0.2) is 11.5 Å². The van der Waals surface area contributed by atoms with Gasteiger partial charge in [0.25, 0.3) is 0 Å². The van der Waals surface area contributed by atoms with Crippen molar-refractivity contribution < 1.29 is 19.0 Å². The summed E-state index contributed by atoms with van der Waals surface area (Å²) in [6.07, 6.45) is 3.13. The van der Waals surface area contributed by atoms with Crippen LogP contribution in [0, 0.1) is 0 Å². The Morgan fingerprint density at radius 3 is 2.35 bits per heavy atom. The highest BCUT2D eigenvalue weighted by Crippen LogP contribution is 2.29. The van der Waals surface area contributed by atoms with Crippen molar-refractivity contribution in [2.45, 2.75) is 33.6 Å². The van der Waals surface area contributed by atoms with Crippen molar-refractivity contribution >= 4 is 12.0 Å². The van der Waals surface area contributed by atoms with Crippen LogP contribution in [0.5, 0.6) is 17.2 Å². The molecule has 4 nitrogen and oxygen atoms in total. The first-order valence-corrected chi connectivity index (χ1v) is 8.93. The summed E-state index contributed by atoms with van der Waals surface area (Å²) in [5.74, 6) is 1.82. The average Bonchev–Trinajstić information content (AvgIpc) is 2.62. The summed E-state index contributed by atoms with van der Waals surface area (Å²) in [6, 6.07) is 13.1. The zero-order chi connectivity index (χ0) is 18.9. The molecular weight excluding hydrogens is 328 g/mol. The molecule has 0 aliphatic rings. The maximum atomic E-state index is 12.2. The van der Waals surface area contributed by atoms with Crippen molar-refractivity contribution in [2.75, 3.05) is 13.2 Å². The monoisotopic (exact) mass is 354 g/mol. The van der Waals surface area contributed by atoms with Crippen LogP contribution in [0.2, 0.25) is 0 Å². The molecule has 0 fully saturated rings. The summed E-state index contributed by atoms with van der Waals surface area (Å²) in [6.45, 7) is 9.09. The first-order chi connectivity index (χ1) is 12.5. The van der Waals surface area contributed by atoms with E-state index in [1.165, 1.54) is 6.08 Å². The summed E-state index contributed by atoms with van der Waals surface area (Å²) in [5, 5.41) is 0. The van der Waals surface area contributed by atoms with Crippen LogP contribution < -0.4 is 14.2 Å². The van der Waals surface area contributed by atoms with E-state index in [2.05, 4.69) is 13.8 Å². The number of carbonyl (C=O) groups excluding carboxylic acids is 1. The minimum Gasteiger partial charge on any atom is -0.490 e. The number of hydrogen-bond donors (Lipinski definition) is 0. The highest BCUT2D eigenvalue weighted by Gasteiger charge is 2.10. The molecule has 0 bridgehead atoms. The average molecular weight is 354 g/mol. The Labute approximate surface area is 155 Å². The zero-order valence-electron chi connectivity index (χ0n) is 15.8. The number of esters is 1. The molecule has 0 aliphatic carbocycles. The molecule has 0 saturated carbocycles. The summed E-state index contributed by atoms with van der Waals surface area (Å²) < 4.78 is 16.6. The van der Waals surface area contributed by atoms with Gasteiger partial charge in [0.05, 0.1) is 13.2 Å². The largest absolute Gasteiger partial charge is 0.490 e. The maximum Gasteiger partial charge on any atom is 0.336 e. The third-order valence-corrected chi connectivity index (χ3v) is 3.73. The summed E-state index contributed by atoms with van der Waals surface area (Å²) in [7, 11) is 0. The number of hydrogen-bond acceptors (Lipinski definition) is 4. The third-order valence-electron chi connectivity index (χ3n) is 3.73. The number of rotatable bonds is 8. The second-order valence-electron chi connectivity index (χ2n) is 6.02. The summed E-state index contributed by atoms with van der Waals surface area (Å²) in [4.78, 5) is 12.2. The lowest BCUT2D eigenvalue weighted by atomic mass is 10.0. The molecule has 26 heavy (non-hydrogen) atoms. The molecule has 4 heteroatoms. The number of para-hydroxylation sites is 1. The van der Waals surface area contributed by atoms with Crippen LogP contribution in [0.1, 0.15) is 44.7 Å². The van der Waals surface area contributed by atoms with Crippen molar-refractivity contribution in [3.8, 4) is 17.2 Å². The molecule has 0 unspecified atom stereocenters. The molecule has 0 amide bonds. The third kappa shape index (κ3) is 5.38. The van der Waals surface area contributed by atoms with Gasteiger partial charge in [-0.05, 0) is 55.2 Å². The SMILES string of the molecule is CCOc1ccc(/C=C/C(=O)Oc2ccccc2C(C)C)cc1OCC. The highest BCUT2D eigenvalue weighted by atomic mass is 16.5. The smallest absolute Gasteiger partial charge is 0.336 e. The molecule has 0 atom stereocenters. The molecule has 0 radical (unpaired) electrons. The molecule has 0 spiro atoms. The van der Waals surface area contributed by atoms with Gasteiger partial charge in [0.2, 0.25) is 0 Å². The molecule has 2 rings (SSSR count). The Balaban J connectivity index is 2.12. The fourth-order valence-electron chi connectivity index (χ4n) is 2.53. The van der Waals surface area contributed by atoms with Crippen LogP contribution in [-0.4, -0.2) is 19.2 Å². The Kier molecular flexibility index (Phi) is 7.27. The fourth-order valence-corrected chi connectivity index (χ4v) is 2.53. The summed E-state index contributed by atoms with van der Waals surface area (Å²) in [5.41, 5.74) is 1.85. The van der Waals surface area contributed by atoms with Crippen molar-refractivity contribution in [1.29, 1.82) is 0 Å². The fraction of sp³-hybridized carbons (Fsp3) is 0.318. The minimum atomic E-state index is -0.412. The Hall–Kier alpha value is -2.75. The lowest BCUT2D eigenvalue weighted by Crippen LogP contribution is -2.06. The van der Waals surface area contributed by atoms with E-state index in [4.69, 9.17) is 14.2 Å². The topological polar surface area (TPSA) is 44.8 Å². The van der Waals surface area contributed by atoms with Crippen LogP contribution in [-0.2, 0) is 4.79 Å². The Morgan fingerprint density at radius 2 is 1.65 bits per heavy atom. The van der Waals surface area contributed by atoms with Gasteiger partial charge in [-0.3, -0.25) is 0 Å². The normalized spacial score (nSPS) is 11.0. The number of ether oxygens (including phenoxy) is 3. The molecule has 138 valence electrons. The van der Waals surface area contributed by atoms with Crippen molar-refractivity contribution in [1.82, 2.24) is 0 Å². The van der Waals surface area contributed by atoms with E-state index in [9.17, 15) is 4.79 Å². The van der Waals surface area contributed by atoms with Crippen LogP contribution >= 0.6 is 0 Å². The van der Waals surface area contributed by atoms with E-state index in [0.717, 1.165) is 11.1 Å². The predicted molar refractivity (Wildman–Crippen MR) is 104 cm³/mol. The highest BCUT2D eigenvalue weighted by molar-refractivity contribution is 5.89. The Bertz CT molecular complexity index is 762. The van der Waals surface area contributed by atoms with E-state index < -0.39 is 5.97 Å².